The van der Waals surface area contributed by atoms with Crippen molar-refractivity contribution in [3.8, 4) is 5.69 Å². The maximum atomic E-state index is 12.9. The molecule has 7 heteroatoms. The summed E-state index contributed by atoms with van der Waals surface area (Å²) in [5.41, 5.74) is 4.12. The molecule has 0 aliphatic rings. The van der Waals surface area contributed by atoms with Crippen LogP contribution in [0.1, 0.15) is 22.6 Å². The smallest absolute Gasteiger partial charge is 0.317 e. The van der Waals surface area contributed by atoms with Gasteiger partial charge in [-0.05, 0) is 47.9 Å². The lowest BCUT2D eigenvalue weighted by Gasteiger charge is -2.15. The summed E-state index contributed by atoms with van der Waals surface area (Å²) < 4.78 is 8.00. The van der Waals surface area contributed by atoms with E-state index < -0.39 is 10.8 Å². The highest BCUT2D eigenvalue weighted by Crippen LogP contribution is 2.37. The van der Waals surface area contributed by atoms with Gasteiger partial charge in [0.05, 0.1) is 17.5 Å². The number of halogens is 1. The molecule has 0 radical (unpaired) electrons. The third-order valence-corrected chi connectivity index (χ3v) is 5.82. The second-order valence-corrected chi connectivity index (χ2v) is 8.13. The van der Waals surface area contributed by atoms with Crippen molar-refractivity contribution in [3.63, 3.8) is 0 Å². The zero-order valence-corrected chi connectivity index (χ0v) is 18.5. The molecule has 1 heterocycles. The average molecular weight is 479 g/mol. The van der Waals surface area contributed by atoms with Gasteiger partial charge >= 0.3 is 5.97 Å². The maximum absolute atomic E-state index is 12.9. The van der Waals surface area contributed by atoms with Crippen LogP contribution in [-0.2, 0) is 9.53 Å². The van der Waals surface area contributed by atoms with Gasteiger partial charge < -0.3 is 9.30 Å². The number of ether oxygens (including phenoxy) is 1. The number of hydrogen-bond acceptors (Lipinski definition) is 4. The summed E-state index contributed by atoms with van der Waals surface area (Å²) in [5.74, 6) is -0.965. The fourth-order valence-electron chi connectivity index (χ4n) is 3.89. The molecule has 1 unspecified atom stereocenters. The molecule has 0 amide bonds. The molecule has 1 atom stereocenters. The monoisotopic (exact) mass is 478 g/mol. The summed E-state index contributed by atoms with van der Waals surface area (Å²) in [7, 11) is 1.38. The summed E-state index contributed by atoms with van der Waals surface area (Å²) in [6, 6.07) is 20.1. The number of aromatic nitrogens is 1. The molecule has 0 aliphatic heterocycles. The van der Waals surface area contributed by atoms with Crippen LogP contribution in [0.4, 0.5) is 5.69 Å². The van der Waals surface area contributed by atoms with Gasteiger partial charge in [-0.15, -0.1) is 0 Å². The number of nitrogens with zero attached hydrogens (tertiary/aromatic N) is 2. The Morgan fingerprint density at radius 1 is 1.10 bits per heavy atom. The van der Waals surface area contributed by atoms with Gasteiger partial charge in [-0.2, -0.15) is 0 Å². The molecule has 0 saturated carbocycles. The molecule has 3 aromatic carbocycles. The highest BCUT2D eigenvalue weighted by Gasteiger charge is 2.28. The third-order valence-electron chi connectivity index (χ3n) is 5.33. The molecule has 0 bridgehead atoms. The summed E-state index contributed by atoms with van der Waals surface area (Å²) in [5, 5.41) is 12.0. The van der Waals surface area contributed by atoms with Gasteiger partial charge in [-0.3, -0.25) is 14.9 Å². The summed E-state index contributed by atoms with van der Waals surface area (Å²) >= 11 is 3.53. The van der Waals surface area contributed by atoms with Crippen molar-refractivity contribution < 1.29 is 14.5 Å². The first-order valence-corrected chi connectivity index (χ1v) is 10.4. The van der Waals surface area contributed by atoms with E-state index >= 15 is 0 Å². The maximum Gasteiger partial charge on any atom is 0.317 e. The van der Waals surface area contributed by atoms with E-state index in [4.69, 9.17) is 4.74 Å². The lowest BCUT2D eigenvalue weighted by atomic mass is 9.91. The van der Waals surface area contributed by atoms with E-state index in [9.17, 15) is 14.9 Å². The van der Waals surface area contributed by atoms with E-state index in [1.54, 1.807) is 12.1 Å². The van der Waals surface area contributed by atoms with E-state index in [0.717, 1.165) is 37.8 Å². The second-order valence-electron chi connectivity index (χ2n) is 7.21. The molecule has 0 spiro atoms. The Morgan fingerprint density at radius 2 is 1.84 bits per heavy atom. The number of hydrogen-bond donors (Lipinski definition) is 0. The van der Waals surface area contributed by atoms with Crippen molar-refractivity contribution >= 4 is 38.5 Å². The zero-order valence-electron chi connectivity index (χ0n) is 16.9. The van der Waals surface area contributed by atoms with Crippen LogP contribution in [0.3, 0.4) is 0 Å². The second kappa shape index (κ2) is 8.35. The van der Waals surface area contributed by atoms with E-state index in [1.807, 2.05) is 66.2 Å². The van der Waals surface area contributed by atoms with E-state index in [0.29, 0.717) is 0 Å². The Bertz CT molecular complexity index is 1300. The Morgan fingerprint density at radius 3 is 2.48 bits per heavy atom. The number of nitro benzene ring substituents is 1. The van der Waals surface area contributed by atoms with Crippen molar-refractivity contribution in [2.75, 3.05) is 7.11 Å². The zero-order chi connectivity index (χ0) is 22.1. The lowest BCUT2D eigenvalue weighted by Crippen LogP contribution is -2.15. The molecule has 0 fully saturated rings. The number of esters is 1. The normalized spacial score (nSPS) is 12.0. The van der Waals surface area contributed by atoms with Gasteiger partial charge in [-0.25, -0.2) is 0 Å². The van der Waals surface area contributed by atoms with Crippen molar-refractivity contribution in [1.29, 1.82) is 0 Å². The van der Waals surface area contributed by atoms with Crippen LogP contribution in [0.2, 0.25) is 0 Å². The predicted octanol–water partition coefficient (Wildman–Crippen LogP) is 5.91. The largest absolute Gasteiger partial charge is 0.468 e. The molecule has 1 aromatic heterocycles. The van der Waals surface area contributed by atoms with Gasteiger partial charge in [-0.1, -0.05) is 46.3 Å². The topological polar surface area (TPSA) is 74.4 Å². The summed E-state index contributed by atoms with van der Waals surface area (Å²) in [6.45, 7) is 1.84. The molecular formula is C24H19BrN2O4. The number of fused-ring (bicyclic) bond motifs is 1. The standard InChI is InChI=1S/C24H19BrN2O4/c1-15-12-18(27(29)30)9-11-21(15)26-14-20(19-13-17(25)8-10-22(19)26)23(24(28)31-2)16-6-4-3-5-7-16/h3-14,23H,1-2H3. The third kappa shape index (κ3) is 3.84. The molecular weight excluding hydrogens is 460 g/mol. The van der Waals surface area contributed by atoms with Gasteiger partial charge in [0.15, 0.2) is 0 Å². The number of methoxy groups -OCH3 is 1. The Hall–Kier alpha value is -3.45. The van der Waals surface area contributed by atoms with Crippen LogP contribution in [-0.4, -0.2) is 22.6 Å². The van der Waals surface area contributed by atoms with Crippen molar-refractivity contribution in [1.82, 2.24) is 4.57 Å². The molecule has 0 saturated heterocycles. The lowest BCUT2D eigenvalue weighted by molar-refractivity contribution is -0.384. The molecule has 156 valence electrons. The summed E-state index contributed by atoms with van der Waals surface area (Å²) in [4.78, 5) is 23.6. The fourth-order valence-corrected chi connectivity index (χ4v) is 4.25. The molecule has 6 nitrogen and oxygen atoms in total. The minimum atomic E-state index is -0.609. The minimum Gasteiger partial charge on any atom is -0.468 e. The average Bonchev–Trinajstić information content (AvgIpc) is 3.12. The van der Waals surface area contributed by atoms with Gasteiger partial charge in [0.25, 0.3) is 5.69 Å². The first-order valence-electron chi connectivity index (χ1n) is 9.59. The molecule has 0 aliphatic carbocycles. The van der Waals surface area contributed by atoms with Crippen LogP contribution in [0.25, 0.3) is 16.6 Å². The van der Waals surface area contributed by atoms with Gasteiger partial charge in [0.1, 0.15) is 5.92 Å². The van der Waals surface area contributed by atoms with Crippen molar-refractivity contribution in [2.45, 2.75) is 12.8 Å². The van der Waals surface area contributed by atoms with Gasteiger partial charge in [0, 0.05) is 33.9 Å². The molecule has 4 rings (SSSR count). The SMILES string of the molecule is COC(=O)C(c1ccccc1)c1cn(-c2ccc([N+](=O)[O-])cc2C)c2ccc(Br)cc12. The van der Waals surface area contributed by atoms with Crippen LogP contribution >= 0.6 is 15.9 Å². The van der Waals surface area contributed by atoms with Crippen LogP contribution in [0.5, 0.6) is 0 Å². The number of carbonyl (C=O) groups is 1. The first kappa shape index (κ1) is 20.8. The first-order chi connectivity index (χ1) is 14.9. The number of rotatable bonds is 5. The number of non-ortho nitro benzene ring substituents is 1. The highest BCUT2D eigenvalue weighted by molar-refractivity contribution is 9.10. The molecule has 0 N–H and O–H groups in total. The quantitative estimate of drug-likeness (QED) is 0.203. The number of benzene rings is 3. The Kier molecular flexibility index (Phi) is 5.61. The van der Waals surface area contributed by atoms with E-state index in [1.165, 1.54) is 13.2 Å². The van der Waals surface area contributed by atoms with Crippen LogP contribution < -0.4 is 0 Å². The van der Waals surface area contributed by atoms with Crippen LogP contribution in [0, 0.1) is 17.0 Å². The highest BCUT2D eigenvalue weighted by atomic mass is 79.9. The fraction of sp³-hybridized carbons (Fsp3) is 0.125. The number of carbonyl (C=O) groups excluding carboxylic acids is 1. The van der Waals surface area contributed by atoms with Crippen LogP contribution in [0.15, 0.2) is 77.4 Å². The van der Waals surface area contributed by atoms with E-state index in [-0.39, 0.29) is 11.7 Å². The Balaban J connectivity index is 1.99. The van der Waals surface area contributed by atoms with Crippen molar-refractivity contribution in [3.05, 3.63) is 104 Å². The molecule has 4 aromatic rings. The molecule has 31 heavy (non-hydrogen) atoms. The minimum absolute atomic E-state index is 0.0393. The van der Waals surface area contributed by atoms with E-state index in [2.05, 4.69) is 15.9 Å². The van der Waals surface area contributed by atoms with Crippen molar-refractivity contribution in [2.24, 2.45) is 0 Å². The van der Waals surface area contributed by atoms with Gasteiger partial charge in [0.2, 0.25) is 0 Å². The predicted molar refractivity (Wildman–Crippen MR) is 123 cm³/mol. The Labute approximate surface area is 187 Å². The number of aryl methyl sites for hydroxylation is 1. The number of nitro groups is 1. The summed E-state index contributed by atoms with van der Waals surface area (Å²) in [6.07, 6.45) is 1.92.